The van der Waals surface area contributed by atoms with Crippen molar-refractivity contribution >= 4 is 37.5 Å². The van der Waals surface area contributed by atoms with E-state index >= 15 is 0 Å². The molecule has 0 bridgehead atoms. The van der Waals surface area contributed by atoms with Gasteiger partial charge in [-0.15, -0.1) is 0 Å². The minimum Gasteiger partial charge on any atom is -0.496 e. The third-order valence-electron chi connectivity index (χ3n) is 3.22. The van der Waals surface area contributed by atoms with Crippen LogP contribution in [0.5, 0.6) is 5.75 Å². The van der Waals surface area contributed by atoms with Gasteiger partial charge in [0.05, 0.1) is 11.6 Å². The van der Waals surface area contributed by atoms with Gasteiger partial charge in [0.1, 0.15) is 5.75 Å². The van der Waals surface area contributed by atoms with Gasteiger partial charge in [-0.3, -0.25) is 0 Å². The van der Waals surface area contributed by atoms with Crippen molar-refractivity contribution in [3.63, 3.8) is 0 Å². The van der Waals surface area contributed by atoms with Crippen LogP contribution in [-0.4, -0.2) is 7.11 Å². The van der Waals surface area contributed by atoms with E-state index in [0.717, 1.165) is 20.4 Å². The van der Waals surface area contributed by atoms with Crippen molar-refractivity contribution in [2.75, 3.05) is 12.4 Å². The summed E-state index contributed by atoms with van der Waals surface area (Å²) in [7, 11) is 1.67. The molecule has 4 heteroatoms. The van der Waals surface area contributed by atoms with Gasteiger partial charge in [0.15, 0.2) is 0 Å². The lowest BCUT2D eigenvalue weighted by atomic mass is 10.1. The maximum atomic E-state index is 5.25. The van der Waals surface area contributed by atoms with E-state index in [-0.39, 0.29) is 6.04 Å². The third kappa shape index (κ3) is 3.55. The molecule has 0 radical (unpaired) electrons. The monoisotopic (exact) mass is 397 g/mol. The lowest BCUT2D eigenvalue weighted by Crippen LogP contribution is -2.06. The Kier molecular flexibility index (Phi) is 5.11. The lowest BCUT2D eigenvalue weighted by Gasteiger charge is -2.17. The highest BCUT2D eigenvalue weighted by molar-refractivity contribution is 9.10. The molecule has 0 amide bonds. The van der Waals surface area contributed by atoms with Crippen LogP contribution in [0.2, 0.25) is 0 Å². The molecule has 0 aliphatic heterocycles. The summed E-state index contributed by atoms with van der Waals surface area (Å²) in [5.41, 5.74) is 3.54. The number of anilines is 1. The zero-order valence-electron chi connectivity index (χ0n) is 11.7. The van der Waals surface area contributed by atoms with Gasteiger partial charge in [-0.1, -0.05) is 22.0 Å². The average molecular weight is 399 g/mol. The molecule has 1 atom stereocenters. The Bertz CT molecular complexity index is 613. The molecule has 0 saturated heterocycles. The molecule has 1 unspecified atom stereocenters. The van der Waals surface area contributed by atoms with Gasteiger partial charge < -0.3 is 10.1 Å². The van der Waals surface area contributed by atoms with Gasteiger partial charge in [0, 0.05) is 16.2 Å². The summed E-state index contributed by atoms with van der Waals surface area (Å²) >= 11 is 7.04. The number of aryl methyl sites for hydroxylation is 1. The molecule has 0 saturated carbocycles. The SMILES string of the molecule is COc1ccc(C(C)Nc2ccc(Br)c(C)c2)cc1Br. The van der Waals surface area contributed by atoms with Crippen LogP contribution in [0, 0.1) is 6.92 Å². The van der Waals surface area contributed by atoms with Crippen LogP contribution in [0.25, 0.3) is 0 Å². The smallest absolute Gasteiger partial charge is 0.133 e. The summed E-state index contributed by atoms with van der Waals surface area (Å²) in [5.74, 6) is 0.848. The van der Waals surface area contributed by atoms with Crippen molar-refractivity contribution in [3.05, 3.63) is 56.5 Å². The van der Waals surface area contributed by atoms with Crippen LogP contribution in [0.15, 0.2) is 45.3 Å². The molecule has 2 aromatic rings. The fourth-order valence-corrected chi connectivity index (χ4v) is 2.82. The molecule has 0 aliphatic rings. The van der Waals surface area contributed by atoms with E-state index in [9.17, 15) is 0 Å². The van der Waals surface area contributed by atoms with E-state index in [4.69, 9.17) is 4.74 Å². The van der Waals surface area contributed by atoms with E-state index in [1.807, 2.05) is 6.07 Å². The summed E-state index contributed by atoms with van der Waals surface area (Å²) < 4.78 is 7.35. The summed E-state index contributed by atoms with van der Waals surface area (Å²) in [4.78, 5) is 0. The quantitative estimate of drug-likeness (QED) is 0.712. The van der Waals surface area contributed by atoms with Gasteiger partial charge in [-0.05, 0) is 71.2 Å². The molecule has 0 fully saturated rings. The molecule has 106 valence electrons. The first-order chi connectivity index (χ1) is 9.51. The van der Waals surface area contributed by atoms with Crippen LogP contribution >= 0.6 is 31.9 Å². The van der Waals surface area contributed by atoms with Crippen molar-refractivity contribution in [1.29, 1.82) is 0 Å². The van der Waals surface area contributed by atoms with Crippen molar-refractivity contribution < 1.29 is 4.74 Å². The Balaban J connectivity index is 2.17. The number of halogens is 2. The second-order valence-corrected chi connectivity index (χ2v) is 6.43. The number of methoxy groups -OCH3 is 1. The Hall–Kier alpha value is -1.000. The molecule has 1 N–H and O–H groups in total. The molecule has 20 heavy (non-hydrogen) atoms. The second-order valence-electron chi connectivity index (χ2n) is 4.72. The Morgan fingerprint density at radius 3 is 2.40 bits per heavy atom. The number of nitrogens with one attached hydrogen (secondary N) is 1. The van der Waals surface area contributed by atoms with Crippen LogP contribution < -0.4 is 10.1 Å². The molecule has 0 aromatic heterocycles. The molecule has 0 spiro atoms. The van der Waals surface area contributed by atoms with Gasteiger partial charge in [-0.2, -0.15) is 0 Å². The molecule has 2 rings (SSSR count). The first-order valence-electron chi connectivity index (χ1n) is 6.37. The van der Waals surface area contributed by atoms with Crippen LogP contribution in [0.3, 0.4) is 0 Å². The van der Waals surface area contributed by atoms with Crippen molar-refractivity contribution in [2.24, 2.45) is 0 Å². The second kappa shape index (κ2) is 6.64. The Morgan fingerprint density at radius 1 is 1.05 bits per heavy atom. The number of hydrogen-bond acceptors (Lipinski definition) is 2. The summed E-state index contributed by atoms with van der Waals surface area (Å²) in [6, 6.07) is 12.6. The van der Waals surface area contributed by atoms with Gasteiger partial charge in [0.25, 0.3) is 0 Å². The summed E-state index contributed by atoms with van der Waals surface area (Å²) in [6.07, 6.45) is 0. The molecule has 0 heterocycles. The van der Waals surface area contributed by atoms with E-state index in [0.29, 0.717) is 0 Å². The molecular weight excluding hydrogens is 382 g/mol. The molecule has 2 nitrogen and oxygen atoms in total. The molecule has 0 aliphatic carbocycles. The number of ether oxygens (including phenoxy) is 1. The van der Waals surface area contributed by atoms with Crippen molar-refractivity contribution in [2.45, 2.75) is 19.9 Å². The van der Waals surface area contributed by atoms with E-state index < -0.39 is 0 Å². The topological polar surface area (TPSA) is 21.3 Å². The normalized spacial score (nSPS) is 12.1. The highest BCUT2D eigenvalue weighted by Gasteiger charge is 2.09. The lowest BCUT2D eigenvalue weighted by molar-refractivity contribution is 0.412. The highest BCUT2D eigenvalue weighted by atomic mass is 79.9. The zero-order chi connectivity index (χ0) is 14.7. The maximum absolute atomic E-state index is 5.25. The van der Waals surface area contributed by atoms with Crippen molar-refractivity contribution in [1.82, 2.24) is 0 Å². The van der Waals surface area contributed by atoms with Crippen LogP contribution in [-0.2, 0) is 0 Å². The summed E-state index contributed by atoms with van der Waals surface area (Å²) in [5, 5.41) is 3.51. The van der Waals surface area contributed by atoms with Crippen LogP contribution in [0.4, 0.5) is 5.69 Å². The molecular formula is C16H17Br2NO. The van der Waals surface area contributed by atoms with E-state index in [2.05, 4.69) is 81.4 Å². The number of hydrogen-bond donors (Lipinski definition) is 1. The zero-order valence-corrected chi connectivity index (χ0v) is 14.9. The minimum absolute atomic E-state index is 0.220. The van der Waals surface area contributed by atoms with Gasteiger partial charge in [-0.25, -0.2) is 0 Å². The van der Waals surface area contributed by atoms with Crippen LogP contribution in [0.1, 0.15) is 24.1 Å². The largest absolute Gasteiger partial charge is 0.496 e. The Labute approximate surface area is 136 Å². The first kappa shape index (κ1) is 15.4. The van der Waals surface area contributed by atoms with Gasteiger partial charge in [0.2, 0.25) is 0 Å². The third-order valence-corrected chi connectivity index (χ3v) is 4.73. The van der Waals surface area contributed by atoms with E-state index in [1.165, 1.54) is 11.1 Å². The summed E-state index contributed by atoms with van der Waals surface area (Å²) in [6.45, 7) is 4.23. The maximum Gasteiger partial charge on any atom is 0.133 e. The van der Waals surface area contributed by atoms with Crippen molar-refractivity contribution in [3.8, 4) is 5.75 Å². The highest BCUT2D eigenvalue weighted by Crippen LogP contribution is 2.30. The first-order valence-corrected chi connectivity index (χ1v) is 7.96. The predicted molar refractivity (Wildman–Crippen MR) is 91.6 cm³/mol. The standard InChI is InChI=1S/C16H17Br2NO/c1-10-8-13(5-6-14(10)17)19-11(2)12-4-7-16(20-3)15(18)9-12/h4-9,11,19H,1-3H3. The Morgan fingerprint density at radius 2 is 1.80 bits per heavy atom. The predicted octanol–water partition coefficient (Wildman–Crippen LogP) is 5.70. The van der Waals surface area contributed by atoms with Gasteiger partial charge >= 0.3 is 0 Å². The number of benzene rings is 2. The minimum atomic E-state index is 0.220. The fourth-order valence-electron chi connectivity index (χ4n) is 2.02. The number of rotatable bonds is 4. The molecule has 2 aromatic carbocycles. The fraction of sp³-hybridized carbons (Fsp3) is 0.250. The average Bonchev–Trinajstić information content (AvgIpc) is 2.42. The van der Waals surface area contributed by atoms with E-state index in [1.54, 1.807) is 7.11 Å².